The van der Waals surface area contributed by atoms with Crippen LogP contribution in [0.3, 0.4) is 0 Å². The maximum Gasteiger partial charge on any atom is 0.309 e. The number of hydrogen-bond donors (Lipinski definition) is 0. The van der Waals surface area contributed by atoms with Gasteiger partial charge in [0.1, 0.15) is 10.1 Å². The fraction of sp³-hybridized carbons (Fsp3) is 0.450. The third kappa shape index (κ3) is 4.92. The number of thioether (sulfide) groups is 1. The summed E-state index contributed by atoms with van der Waals surface area (Å²) in [5, 5.41) is 0. The Morgan fingerprint density at radius 3 is 2.57 bits per heavy atom. The van der Waals surface area contributed by atoms with Gasteiger partial charge in [0.25, 0.3) is 5.91 Å². The molecule has 6 nitrogen and oxygen atoms in total. The van der Waals surface area contributed by atoms with E-state index >= 15 is 0 Å². The molecule has 2 aliphatic heterocycles. The van der Waals surface area contributed by atoms with Crippen LogP contribution in [-0.2, 0) is 14.3 Å². The molecule has 0 unspecified atom stereocenters. The van der Waals surface area contributed by atoms with E-state index < -0.39 is 0 Å². The van der Waals surface area contributed by atoms with Crippen LogP contribution in [0.1, 0.15) is 25.3 Å². The van der Waals surface area contributed by atoms with Crippen molar-refractivity contribution in [3.63, 3.8) is 0 Å². The van der Waals surface area contributed by atoms with E-state index in [4.69, 9.17) is 21.7 Å². The van der Waals surface area contributed by atoms with E-state index in [1.807, 2.05) is 37.3 Å². The number of esters is 1. The number of ether oxygens (including phenoxy) is 2. The second kappa shape index (κ2) is 9.54. The van der Waals surface area contributed by atoms with E-state index in [2.05, 4.69) is 4.90 Å². The Kier molecular flexibility index (Phi) is 7.09. The normalized spacial score (nSPS) is 20.1. The zero-order chi connectivity index (χ0) is 20.1. The molecule has 2 heterocycles. The van der Waals surface area contributed by atoms with Crippen LogP contribution >= 0.6 is 24.0 Å². The van der Waals surface area contributed by atoms with E-state index in [1.165, 1.54) is 11.8 Å². The number of rotatable bonds is 6. The molecule has 0 N–H and O–H groups in total. The van der Waals surface area contributed by atoms with Crippen molar-refractivity contribution in [2.75, 3.05) is 33.5 Å². The van der Waals surface area contributed by atoms with Crippen LogP contribution in [0.25, 0.3) is 6.08 Å². The molecule has 1 amide bonds. The topological polar surface area (TPSA) is 59.1 Å². The monoisotopic (exact) mass is 420 g/mol. The SMILES string of the molecule is CCOC(=O)C1CCN(CN2C(=O)C(=Cc3ccc(OC)cc3)SC2=S)CC1. The number of thiocarbonyl (C=S) groups is 1. The number of hydrogen-bond acceptors (Lipinski definition) is 7. The molecule has 0 bridgehead atoms. The number of carbonyl (C=O) groups excluding carboxylic acids is 2. The number of benzene rings is 1. The summed E-state index contributed by atoms with van der Waals surface area (Å²) in [5.74, 6) is 0.543. The van der Waals surface area contributed by atoms with Gasteiger partial charge < -0.3 is 9.47 Å². The van der Waals surface area contributed by atoms with Gasteiger partial charge in [-0.3, -0.25) is 19.4 Å². The first-order valence-electron chi connectivity index (χ1n) is 9.30. The highest BCUT2D eigenvalue weighted by molar-refractivity contribution is 8.26. The number of piperidine rings is 1. The average Bonchev–Trinajstić information content (AvgIpc) is 2.96. The molecular formula is C20H24N2O4S2. The standard InChI is InChI=1S/C20H24N2O4S2/c1-3-26-19(24)15-8-10-21(11-9-15)13-22-18(23)17(28-20(22)27)12-14-4-6-16(25-2)7-5-14/h4-7,12,15H,3,8-11,13H2,1-2H3. The molecule has 0 aromatic heterocycles. The zero-order valence-corrected chi connectivity index (χ0v) is 17.7. The highest BCUT2D eigenvalue weighted by Crippen LogP contribution is 2.33. The first kappa shape index (κ1) is 20.8. The van der Waals surface area contributed by atoms with Crippen molar-refractivity contribution in [2.45, 2.75) is 19.8 Å². The van der Waals surface area contributed by atoms with Gasteiger partial charge in [-0.05, 0) is 43.5 Å². The van der Waals surface area contributed by atoms with Gasteiger partial charge in [0.15, 0.2) is 0 Å². The fourth-order valence-corrected chi connectivity index (χ4v) is 4.49. The lowest BCUT2D eigenvalue weighted by atomic mass is 9.97. The van der Waals surface area contributed by atoms with Crippen LogP contribution in [0.15, 0.2) is 29.2 Å². The summed E-state index contributed by atoms with van der Waals surface area (Å²) >= 11 is 6.75. The predicted octanol–water partition coefficient (Wildman–Crippen LogP) is 3.13. The maximum atomic E-state index is 12.8. The Labute approximate surface area is 174 Å². The summed E-state index contributed by atoms with van der Waals surface area (Å²) in [4.78, 5) is 29.1. The van der Waals surface area contributed by atoms with E-state index in [0.29, 0.717) is 22.5 Å². The highest BCUT2D eigenvalue weighted by Gasteiger charge is 2.34. The van der Waals surface area contributed by atoms with Gasteiger partial charge in [-0.25, -0.2) is 0 Å². The van der Waals surface area contributed by atoms with Gasteiger partial charge in [-0.2, -0.15) is 0 Å². The number of likely N-dealkylation sites (tertiary alicyclic amines) is 1. The van der Waals surface area contributed by atoms with Gasteiger partial charge in [0.05, 0.1) is 31.2 Å². The van der Waals surface area contributed by atoms with Gasteiger partial charge >= 0.3 is 5.97 Å². The van der Waals surface area contributed by atoms with Crippen molar-refractivity contribution >= 4 is 46.3 Å². The minimum Gasteiger partial charge on any atom is -0.497 e. The highest BCUT2D eigenvalue weighted by atomic mass is 32.2. The largest absolute Gasteiger partial charge is 0.497 e. The quantitative estimate of drug-likeness (QED) is 0.398. The Balaban J connectivity index is 1.58. The van der Waals surface area contributed by atoms with Crippen LogP contribution in [0.2, 0.25) is 0 Å². The van der Waals surface area contributed by atoms with Gasteiger partial charge in [0.2, 0.25) is 0 Å². The minimum absolute atomic E-state index is 0.0441. The van der Waals surface area contributed by atoms with E-state index in [9.17, 15) is 9.59 Å². The molecule has 8 heteroatoms. The number of nitrogens with zero attached hydrogens (tertiary/aromatic N) is 2. The lowest BCUT2D eigenvalue weighted by molar-refractivity contribution is -0.150. The third-order valence-corrected chi connectivity index (χ3v) is 6.21. The molecule has 0 radical (unpaired) electrons. The molecule has 0 saturated carbocycles. The molecule has 0 atom stereocenters. The van der Waals surface area contributed by atoms with Crippen molar-refractivity contribution < 1.29 is 19.1 Å². The van der Waals surface area contributed by atoms with E-state index in [-0.39, 0.29) is 17.8 Å². The second-order valence-electron chi connectivity index (χ2n) is 6.67. The van der Waals surface area contributed by atoms with Crippen molar-refractivity contribution in [3.05, 3.63) is 34.7 Å². The van der Waals surface area contributed by atoms with Crippen molar-refractivity contribution in [1.82, 2.24) is 9.80 Å². The smallest absolute Gasteiger partial charge is 0.309 e. The van der Waals surface area contributed by atoms with E-state index in [0.717, 1.165) is 37.2 Å². The van der Waals surface area contributed by atoms with Crippen LogP contribution in [-0.4, -0.2) is 59.5 Å². The van der Waals surface area contributed by atoms with E-state index in [1.54, 1.807) is 12.0 Å². The molecule has 0 aliphatic carbocycles. The first-order chi connectivity index (χ1) is 13.5. The summed E-state index contributed by atoms with van der Waals surface area (Å²) < 4.78 is 10.8. The Morgan fingerprint density at radius 1 is 1.29 bits per heavy atom. The molecule has 1 aromatic rings. The van der Waals surface area contributed by atoms with Crippen molar-refractivity contribution in [3.8, 4) is 5.75 Å². The molecular weight excluding hydrogens is 396 g/mol. The average molecular weight is 421 g/mol. The maximum absolute atomic E-state index is 12.8. The van der Waals surface area contributed by atoms with Crippen LogP contribution < -0.4 is 4.74 Å². The number of methoxy groups -OCH3 is 1. The van der Waals surface area contributed by atoms with Crippen LogP contribution in [0, 0.1) is 5.92 Å². The van der Waals surface area contributed by atoms with Gasteiger partial charge in [-0.1, -0.05) is 36.1 Å². The zero-order valence-electron chi connectivity index (χ0n) is 16.1. The molecule has 28 heavy (non-hydrogen) atoms. The van der Waals surface area contributed by atoms with Gasteiger partial charge in [0, 0.05) is 13.1 Å². The fourth-order valence-electron chi connectivity index (χ4n) is 3.24. The molecule has 150 valence electrons. The summed E-state index contributed by atoms with van der Waals surface area (Å²) in [6, 6.07) is 7.54. The summed E-state index contributed by atoms with van der Waals surface area (Å²) in [5.41, 5.74) is 0.927. The molecule has 1 aromatic carbocycles. The Bertz CT molecular complexity index is 771. The Morgan fingerprint density at radius 2 is 1.96 bits per heavy atom. The molecule has 2 saturated heterocycles. The molecule has 3 rings (SSSR count). The minimum atomic E-state index is -0.116. The summed E-state index contributed by atoms with van der Waals surface area (Å²) in [6.07, 6.45) is 3.34. The summed E-state index contributed by atoms with van der Waals surface area (Å²) in [7, 11) is 1.62. The predicted molar refractivity (Wildman–Crippen MR) is 114 cm³/mol. The first-order valence-corrected chi connectivity index (χ1v) is 10.5. The number of carbonyl (C=O) groups is 2. The van der Waals surface area contributed by atoms with Crippen molar-refractivity contribution in [1.29, 1.82) is 0 Å². The molecule has 2 aliphatic rings. The Hall–Kier alpha value is -1.90. The van der Waals surface area contributed by atoms with Crippen LogP contribution in [0.5, 0.6) is 5.75 Å². The molecule has 2 fully saturated rings. The summed E-state index contributed by atoms with van der Waals surface area (Å²) in [6.45, 7) is 4.19. The molecule has 0 spiro atoms. The number of amides is 1. The third-order valence-electron chi connectivity index (χ3n) is 4.84. The van der Waals surface area contributed by atoms with Gasteiger partial charge in [-0.15, -0.1) is 0 Å². The lowest BCUT2D eigenvalue weighted by Crippen LogP contribution is -2.45. The second-order valence-corrected chi connectivity index (χ2v) is 8.34. The lowest BCUT2D eigenvalue weighted by Gasteiger charge is -2.33. The van der Waals surface area contributed by atoms with Crippen LogP contribution in [0.4, 0.5) is 0 Å². The van der Waals surface area contributed by atoms with Crippen molar-refractivity contribution in [2.24, 2.45) is 5.92 Å².